The van der Waals surface area contributed by atoms with Crippen molar-refractivity contribution in [1.82, 2.24) is 14.9 Å². The molecule has 0 spiro atoms. The van der Waals surface area contributed by atoms with E-state index in [-0.39, 0.29) is 15.8 Å². The Bertz CT molecular complexity index is 1150. The summed E-state index contributed by atoms with van der Waals surface area (Å²) in [6.45, 7) is 2.97. The van der Waals surface area contributed by atoms with Crippen LogP contribution in [0, 0.1) is 5.92 Å². The van der Waals surface area contributed by atoms with Crippen molar-refractivity contribution in [2.45, 2.75) is 12.8 Å². The molecule has 1 aromatic carbocycles. The van der Waals surface area contributed by atoms with Crippen LogP contribution in [-0.4, -0.2) is 64.5 Å². The molecule has 1 fully saturated rings. The second-order valence-electron chi connectivity index (χ2n) is 8.00. The van der Waals surface area contributed by atoms with Gasteiger partial charge in [-0.1, -0.05) is 0 Å². The van der Waals surface area contributed by atoms with Crippen molar-refractivity contribution in [3.05, 3.63) is 49.0 Å². The Hall–Kier alpha value is -2.56. The number of benzene rings is 1. The van der Waals surface area contributed by atoms with E-state index in [1.807, 2.05) is 18.2 Å². The van der Waals surface area contributed by atoms with Crippen molar-refractivity contribution in [1.29, 1.82) is 0 Å². The summed E-state index contributed by atoms with van der Waals surface area (Å²) in [5.41, 5.74) is 2.00. The minimum absolute atomic E-state index is 0.359. The van der Waals surface area contributed by atoms with Crippen LogP contribution >= 0.6 is 0 Å². The van der Waals surface area contributed by atoms with Gasteiger partial charge in [-0.3, -0.25) is 0 Å². The average molecular weight is 478 g/mol. The van der Waals surface area contributed by atoms with Gasteiger partial charge >= 0.3 is 189 Å². The first-order valence-corrected chi connectivity index (χ1v) is 12.4. The first kappa shape index (κ1) is 20.3. The normalized spacial score (nSPS) is 15.9. The first-order valence-electron chi connectivity index (χ1n) is 10.5. The summed E-state index contributed by atoms with van der Waals surface area (Å²) in [6.07, 6.45) is 5.70. The fourth-order valence-electron chi connectivity index (χ4n) is 4.03. The van der Waals surface area contributed by atoms with E-state index in [2.05, 4.69) is 40.1 Å². The number of aromatic nitrogens is 2. The summed E-state index contributed by atoms with van der Waals surface area (Å²) >= 11 is -0.359. The molecule has 0 amide bonds. The second-order valence-corrected chi connectivity index (χ2v) is 10.4. The number of hydrogen-bond donors (Lipinski definition) is 0. The number of fused-ring (bicyclic) bond motifs is 2. The van der Waals surface area contributed by atoms with Crippen molar-refractivity contribution in [3.8, 4) is 22.8 Å². The fraction of sp³-hybridized carbons (Fsp3) is 0.333. The Balaban J connectivity index is 1.41. The molecule has 159 valence electrons. The minimum atomic E-state index is -0.359. The maximum atomic E-state index is 6.20. The number of ether oxygens (including phenoxy) is 2. The zero-order valence-corrected chi connectivity index (χ0v) is 19.6. The number of piperidine rings is 1. The van der Waals surface area contributed by atoms with Crippen LogP contribution in [0.25, 0.3) is 22.2 Å². The molecule has 0 bridgehead atoms. The Kier molecular flexibility index (Phi) is 5.84. The molecule has 7 heteroatoms. The molecule has 0 atom stereocenters. The molecule has 3 aliphatic rings. The Morgan fingerprint density at radius 2 is 2.00 bits per heavy atom. The van der Waals surface area contributed by atoms with Crippen molar-refractivity contribution < 1.29 is 13.9 Å². The van der Waals surface area contributed by atoms with E-state index in [9.17, 15) is 0 Å². The predicted octanol–water partition coefficient (Wildman–Crippen LogP) is 2.71. The molecule has 0 saturated carbocycles. The quantitative estimate of drug-likeness (QED) is 0.398. The number of rotatable bonds is 6. The Morgan fingerprint density at radius 3 is 2.84 bits per heavy atom. The predicted molar refractivity (Wildman–Crippen MR) is 122 cm³/mol. The zero-order valence-electron chi connectivity index (χ0n) is 17.7. The second kappa shape index (κ2) is 8.89. The monoisotopic (exact) mass is 478 g/mol. The van der Waals surface area contributed by atoms with Crippen LogP contribution in [0.3, 0.4) is 0 Å². The zero-order chi connectivity index (χ0) is 21.2. The number of methoxy groups -OCH3 is 1. The summed E-state index contributed by atoms with van der Waals surface area (Å²) < 4.78 is 19.9. The number of hydrogen-bond acceptors (Lipinski definition) is 6. The maximum absolute atomic E-state index is 6.20. The average Bonchev–Trinajstić information content (AvgIpc) is 3.21. The molecule has 6 nitrogen and oxygen atoms in total. The van der Waals surface area contributed by atoms with Gasteiger partial charge in [-0.15, -0.1) is 0 Å². The Labute approximate surface area is 188 Å². The van der Waals surface area contributed by atoms with Crippen LogP contribution in [0.1, 0.15) is 12.8 Å². The summed E-state index contributed by atoms with van der Waals surface area (Å²) in [7, 11) is 3.86. The molecule has 3 heterocycles. The van der Waals surface area contributed by atoms with Crippen LogP contribution in [0.15, 0.2) is 53.4 Å². The van der Waals surface area contributed by atoms with Crippen molar-refractivity contribution in [2.75, 3.05) is 33.9 Å². The molecule has 1 aliphatic carbocycles. The summed E-state index contributed by atoms with van der Waals surface area (Å²) in [5.74, 6) is 3.01. The molecule has 1 aromatic heterocycles. The SMILES string of the molecule is COc1cc2c([As]c3ccc4cccoc3-4)ncnc2cc1OCC1CCN(C)CC1. The van der Waals surface area contributed by atoms with Gasteiger partial charge in [0.1, 0.15) is 0 Å². The summed E-state index contributed by atoms with van der Waals surface area (Å²) in [5, 5.41) is 1.01. The van der Waals surface area contributed by atoms with Crippen LogP contribution in [-0.2, 0) is 0 Å². The topological polar surface area (TPSA) is 60.6 Å². The molecule has 1 radical (unpaired) electrons. The van der Waals surface area contributed by atoms with Crippen LogP contribution in [0.2, 0.25) is 0 Å². The molecular formula is C24H25AsN3O3. The molecule has 2 aromatic rings. The van der Waals surface area contributed by atoms with Gasteiger partial charge < -0.3 is 0 Å². The molecule has 1 saturated heterocycles. The first-order chi connectivity index (χ1) is 15.2. The van der Waals surface area contributed by atoms with Crippen LogP contribution < -0.4 is 18.3 Å². The summed E-state index contributed by atoms with van der Waals surface area (Å²) in [6, 6.07) is 12.2. The van der Waals surface area contributed by atoms with Crippen LogP contribution in [0.5, 0.6) is 11.5 Å². The Morgan fingerprint density at radius 1 is 1.13 bits per heavy atom. The molecule has 2 aliphatic heterocycles. The van der Waals surface area contributed by atoms with Gasteiger partial charge in [0, 0.05) is 0 Å². The van der Waals surface area contributed by atoms with Crippen molar-refractivity contribution in [2.24, 2.45) is 5.92 Å². The van der Waals surface area contributed by atoms with Gasteiger partial charge in [-0.05, 0) is 0 Å². The fourth-order valence-corrected chi connectivity index (χ4v) is 6.27. The molecule has 0 unspecified atom stereocenters. The molecule has 5 rings (SSSR count). The van der Waals surface area contributed by atoms with E-state index < -0.39 is 0 Å². The third kappa shape index (κ3) is 4.28. The van der Waals surface area contributed by atoms with E-state index in [1.165, 1.54) is 17.2 Å². The van der Waals surface area contributed by atoms with Gasteiger partial charge in [0.05, 0.1) is 0 Å². The van der Waals surface area contributed by atoms with Gasteiger partial charge in [0.2, 0.25) is 0 Å². The van der Waals surface area contributed by atoms with Crippen LogP contribution in [0.4, 0.5) is 0 Å². The third-order valence-corrected chi connectivity index (χ3v) is 8.33. The van der Waals surface area contributed by atoms with E-state index in [0.29, 0.717) is 12.5 Å². The van der Waals surface area contributed by atoms with E-state index in [1.54, 1.807) is 19.7 Å². The van der Waals surface area contributed by atoms with E-state index >= 15 is 0 Å². The van der Waals surface area contributed by atoms with Crippen molar-refractivity contribution in [3.63, 3.8) is 0 Å². The molecular weight excluding hydrogens is 453 g/mol. The number of nitrogens with zero attached hydrogens (tertiary/aromatic N) is 3. The van der Waals surface area contributed by atoms with E-state index in [4.69, 9.17) is 13.9 Å². The van der Waals surface area contributed by atoms with E-state index in [0.717, 1.165) is 51.3 Å². The van der Waals surface area contributed by atoms with Gasteiger partial charge in [0.25, 0.3) is 0 Å². The van der Waals surface area contributed by atoms with Gasteiger partial charge in [-0.25, -0.2) is 0 Å². The van der Waals surface area contributed by atoms with Crippen molar-refractivity contribution >= 4 is 35.5 Å². The number of likely N-dealkylation sites (tertiary alicyclic amines) is 1. The standard InChI is InChI=1S/C24H25AsN3O3/c1-28-9-7-16(8-10-28)14-31-22-13-20-18(12-21(22)29-2)24(27-15-26-20)25-19-6-5-17-4-3-11-30-23(17)19/h3-6,11-13,15-16H,7-10,14H2,1-2H3. The molecule has 0 N–H and O–H groups in total. The van der Waals surface area contributed by atoms with Gasteiger partial charge in [-0.2, -0.15) is 0 Å². The third-order valence-electron chi connectivity index (χ3n) is 5.89. The molecule has 31 heavy (non-hydrogen) atoms. The summed E-state index contributed by atoms with van der Waals surface area (Å²) in [4.78, 5) is 11.5. The van der Waals surface area contributed by atoms with Gasteiger partial charge in [0.15, 0.2) is 0 Å².